The molecule has 0 radical (unpaired) electrons. The largest absolute Gasteiger partial charge is 0.355 e. The van der Waals surface area contributed by atoms with Crippen LogP contribution in [0.3, 0.4) is 0 Å². The molecule has 4 aromatic rings. The number of benzene rings is 4. The van der Waals surface area contributed by atoms with Gasteiger partial charge in [0.25, 0.3) is 0 Å². The molecule has 0 aromatic heterocycles. The zero-order chi connectivity index (χ0) is 84.2. The van der Waals surface area contributed by atoms with E-state index in [-0.39, 0.29) is 118 Å². The van der Waals surface area contributed by atoms with E-state index < -0.39 is 0 Å². The van der Waals surface area contributed by atoms with Gasteiger partial charge in [-0.2, -0.15) is 0 Å². The van der Waals surface area contributed by atoms with Crippen LogP contribution in [0.4, 0.5) is 0 Å². The monoisotopic (exact) mass is 1610 g/mol. The fourth-order valence-electron chi connectivity index (χ4n) is 12.1. The summed E-state index contributed by atoms with van der Waals surface area (Å²) in [6.45, 7) is 14.3. The third-order valence-electron chi connectivity index (χ3n) is 18.7. The Balaban J connectivity index is 1.70. The van der Waals surface area contributed by atoms with Crippen molar-refractivity contribution in [3.05, 3.63) is 141 Å². The summed E-state index contributed by atoms with van der Waals surface area (Å²) in [5.41, 5.74) is 59.7. The molecule has 33 heteroatoms. The topological polar surface area (TPSA) is 516 Å². The first kappa shape index (κ1) is 99.1. The van der Waals surface area contributed by atoms with Gasteiger partial charge in [-0.3, -0.25) is 57.9 Å². The van der Waals surface area contributed by atoms with Gasteiger partial charge in [0.15, 0.2) is 0 Å². The van der Waals surface area contributed by atoms with Crippen LogP contribution in [0.25, 0.3) is 36.5 Å². The maximum Gasteiger partial charge on any atom is 0.222 e. The third kappa shape index (κ3) is 47.1. The maximum absolute atomic E-state index is 12.9. The van der Waals surface area contributed by atoms with Gasteiger partial charge in [-0.05, 0) is 68.3 Å². The molecule has 0 aliphatic rings. The number of nitrogens with zero attached hydrogens (tertiary/aromatic N) is 6. The minimum absolute atomic E-state index is 0.0220. The summed E-state index contributed by atoms with van der Waals surface area (Å²) in [6.07, 6.45) is 14.6. The number of hydrogen-bond donors (Lipinski definition) is 18. The Hall–Kier alpha value is -9.27. The van der Waals surface area contributed by atoms with Crippen LogP contribution >= 0.6 is 0 Å². The lowest BCUT2D eigenvalue weighted by Crippen LogP contribution is -2.41. The third-order valence-corrected chi connectivity index (χ3v) is 18.7. The smallest absolute Gasteiger partial charge is 0.222 e. The Kier molecular flexibility index (Phi) is 53.0. The molecular formula is C83H136N24O9. The lowest BCUT2D eigenvalue weighted by molar-refractivity contribution is -0.123. The highest BCUT2D eigenvalue weighted by Gasteiger charge is 2.20. The van der Waals surface area contributed by atoms with E-state index in [0.717, 1.165) is 50.1 Å². The van der Waals surface area contributed by atoms with Crippen molar-refractivity contribution in [1.82, 2.24) is 77.3 Å². The molecule has 0 bridgehead atoms. The predicted molar refractivity (Wildman–Crippen MR) is 463 cm³/mol. The minimum atomic E-state index is -0.189. The van der Waals surface area contributed by atoms with Crippen LogP contribution < -0.4 is 99.5 Å². The minimum Gasteiger partial charge on any atom is -0.355 e. The normalized spacial score (nSPS) is 11.6. The van der Waals surface area contributed by atoms with Crippen molar-refractivity contribution < 1.29 is 43.2 Å². The first-order valence-electron chi connectivity index (χ1n) is 40.8. The van der Waals surface area contributed by atoms with Crippen LogP contribution in [0.1, 0.15) is 108 Å². The van der Waals surface area contributed by atoms with E-state index in [4.69, 9.17) is 51.6 Å². The number of rotatable bonds is 65. The summed E-state index contributed by atoms with van der Waals surface area (Å²) in [4.78, 5) is 127. The molecule has 116 heavy (non-hydrogen) atoms. The molecule has 27 N–H and O–H groups in total. The van der Waals surface area contributed by atoms with Crippen LogP contribution in [-0.4, -0.2) is 292 Å². The van der Waals surface area contributed by atoms with Crippen molar-refractivity contribution in [3.63, 3.8) is 0 Å². The van der Waals surface area contributed by atoms with Crippen molar-refractivity contribution in [1.29, 1.82) is 0 Å². The van der Waals surface area contributed by atoms with Crippen molar-refractivity contribution >= 4 is 89.6 Å². The Bertz CT molecular complexity index is 3340. The lowest BCUT2D eigenvalue weighted by atomic mass is 10.0. The average molecular weight is 1610 g/mol. The summed E-state index contributed by atoms with van der Waals surface area (Å²) in [5, 5.41) is 25.4. The molecule has 0 unspecified atom stereocenters. The van der Waals surface area contributed by atoms with Crippen LogP contribution in [0.5, 0.6) is 0 Å². The molecule has 0 heterocycles. The van der Waals surface area contributed by atoms with Crippen molar-refractivity contribution in [2.24, 2.45) is 51.6 Å². The summed E-state index contributed by atoms with van der Waals surface area (Å²) in [5.74, 6) is -1.15. The molecule has 0 atom stereocenters. The van der Waals surface area contributed by atoms with Crippen LogP contribution in [-0.2, 0) is 62.8 Å². The molecular weight excluding hydrogens is 1480 g/mol. The van der Waals surface area contributed by atoms with E-state index in [1.807, 2.05) is 0 Å². The van der Waals surface area contributed by atoms with E-state index >= 15 is 0 Å². The van der Waals surface area contributed by atoms with Gasteiger partial charge in [-0.1, -0.05) is 109 Å². The second kappa shape index (κ2) is 62.0. The summed E-state index contributed by atoms with van der Waals surface area (Å²) in [7, 11) is 0. The number of hydrogen-bond acceptors (Lipinski definition) is 24. The molecule has 642 valence electrons. The van der Waals surface area contributed by atoms with Gasteiger partial charge in [-0.15, -0.1) is 0 Å². The number of nitrogens with one attached hydrogen (secondary N) is 9. The van der Waals surface area contributed by atoms with Gasteiger partial charge >= 0.3 is 0 Å². The first-order valence-corrected chi connectivity index (χ1v) is 40.8. The van der Waals surface area contributed by atoms with E-state index in [9.17, 15) is 43.2 Å². The van der Waals surface area contributed by atoms with Crippen molar-refractivity contribution in [2.45, 2.75) is 77.4 Å². The Morgan fingerprint density at radius 2 is 0.379 bits per heavy atom. The van der Waals surface area contributed by atoms with Crippen molar-refractivity contribution in [2.75, 3.05) is 210 Å². The van der Waals surface area contributed by atoms with Crippen LogP contribution in [0, 0.1) is 0 Å². The summed E-state index contributed by atoms with van der Waals surface area (Å²) >= 11 is 0. The highest BCUT2D eigenvalue weighted by molar-refractivity contribution is 5.81. The summed E-state index contributed by atoms with van der Waals surface area (Å²) in [6, 6.07) is 31.2. The Morgan fingerprint density at radius 1 is 0.216 bits per heavy atom. The fourth-order valence-corrected chi connectivity index (χ4v) is 12.1. The number of nitrogens with two attached hydrogens (primary N) is 9. The highest BCUT2D eigenvalue weighted by atomic mass is 16.2. The summed E-state index contributed by atoms with van der Waals surface area (Å²) < 4.78 is 0. The van der Waals surface area contributed by atoms with Gasteiger partial charge in [-0.25, -0.2) is 0 Å². The number of carbonyl (C=O) groups is 9. The van der Waals surface area contributed by atoms with E-state index in [1.54, 1.807) is 0 Å². The molecule has 0 fully saturated rings. The number of carbonyl (C=O) groups excluding carboxylic acids is 9. The Morgan fingerprint density at radius 3 is 0.560 bits per heavy atom. The van der Waals surface area contributed by atoms with Crippen LogP contribution in [0.2, 0.25) is 0 Å². The quantitative estimate of drug-likeness (QED) is 0.0163. The van der Waals surface area contributed by atoms with Gasteiger partial charge in [0.05, 0.1) is 6.67 Å². The van der Waals surface area contributed by atoms with Crippen molar-refractivity contribution in [3.8, 4) is 0 Å². The second-order valence-corrected chi connectivity index (χ2v) is 28.2. The van der Waals surface area contributed by atoms with E-state index in [2.05, 4.69) is 205 Å². The molecule has 0 saturated carbocycles. The average Bonchev–Trinajstić information content (AvgIpc) is 0.861. The van der Waals surface area contributed by atoms with Gasteiger partial charge < -0.3 is 114 Å². The number of amides is 9. The SMILES string of the molecule is NCCNC(=O)CCN(CCC(=O)NCN)CCN(CCC(=O)NCCN)Cc1ccc(/C=C/c2cc(/C=C/c3ccc(CN(CCC(=O)NCCN)CCN(CCC(=O)NCCN)CCC(=O)NCCN)cc3)cc(/C=C/c3ccc(CN(CCC(=O)NCCN)CCN(CCC(=O)NCCN)CCC(=O)NCCN)cc3)c2)cc1. The molecule has 0 saturated heterocycles. The fraction of sp³-hybridized carbons (Fsp3) is 0.530. The first-order chi connectivity index (χ1) is 56.3. The lowest BCUT2D eigenvalue weighted by Gasteiger charge is -2.28. The predicted octanol–water partition coefficient (Wildman–Crippen LogP) is -2.35. The zero-order valence-electron chi connectivity index (χ0n) is 68.3. The molecule has 0 spiro atoms. The molecule has 0 aliphatic carbocycles. The van der Waals surface area contributed by atoms with E-state index in [0.29, 0.717) is 223 Å². The maximum atomic E-state index is 12.9. The molecule has 4 aromatic carbocycles. The molecule has 0 aliphatic heterocycles. The molecule has 33 nitrogen and oxygen atoms in total. The van der Waals surface area contributed by atoms with Gasteiger partial charge in [0, 0.05) is 280 Å². The second-order valence-electron chi connectivity index (χ2n) is 28.2. The molecule has 9 amide bonds. The molecule has 4 rings (SSSR count). The van der Waals surface area contributed by atoms with Gasteiger partial charge in [0.2, 0.25) is 53.2 Å². The van der Waals surface area contributed by atoms with Gasteiger partial charge in [0.1, 0.15) is 0 Å². The zero-order valence-corrected chi connectivity index (χ0v) is 68.3. The standard InChI is InChI=1S/C83H136N24O9/c84-28-36-93-75(108)19-44-102(45-20-76(109)94-37-29-85)53-56-105(50-25-80(113)98-41-33-89)62-69-10-1-66(2-11-69)7-16-72-59-73(17-8-67-3-12-70(13-4-67)63-106(51-26-81(114)99-42-34-90)57-54-103(46-21-77(110)95-38-30-86)47-22-78(111)96-39-31-87)61-74(60-72)18-9-68-5-14-71(15-6-68)64-107(52-27-82(115)100-43-35-91)58-55-104(49-24-83(116)101-65-92)48-23-79(112)97-40-32-88/h1-18,59-61H,19-58,62-65,84-92H2,(H,93,108)(H,94,109)(H,95,110)(H,96,111)(H,97,112)(H,98,113)(H,99,114)(H,100,115)(H,101,116)/b16-7+,17-8+,18-9+. The van der Waals surface area contributed by atoms with E-state index in [1.165, 1.54) is 0 Å². The Labute approximate surface area is 686 Å². The highest BCUT2D eigenvalue weighted by Crippen LogP contribution is 2.21. The van der Waals surface area contributed by atoms with Crippen LogP contribution in [0.15, 0.2) is 91.0 Å².